The Morgan fingerprint density at radius 3 is 2.50 bits per heavy atom. The average molecular weight is 225 g/mol. The SMILES string of the molecule is COc1cc([C@@H](N)CO)ccc1OC(C)C. The molecule has 0 saturated carbocycles. The van der Waals surface area contributed by atoms with E-state index >= 15 is 0 Å². The molecule has 1 aromatic rings. The Balaban J connectivity index is 2.97. The van der Waals surface area contributed by atoms with Crippen molar-refractivity contribution >= 4 is 0 Å². The summed E-state index contributed by atoms with van der Waals surface area (Å²) in [6.07, 6.45) is 0.0891. The van der Waals surface area contributed by atoms with Gasteiger partial charge in [0.2, 0.25) is 0 Å². The Morgan fingerprint density at radius 2 is 2.00 bits per heavy atom. The Bertz CT molecular complexity index is 339. The van der Waals surface area contributed by atoms with Crippen LogP contribution in [0.3, 0.4) is 0 Å². The van der Waals surface area contributed by atoms with E-state index in [4.69, 9.17) is 20.3 Å². The second-order valence-corrected chi connectivity index (χ2v) is 3.87. The van der Waals surface area contributed by atoms with Crippen molar-refractivity contribution in [3.8, 4) is 11.5 Å². The zero-order valence-electron chi connectivity index (χ0n) is 9.93. The largest absolute Gasteiger partial charge is 0.493 e. The van der Waals surface area contributed by atoms with Crippen LogP contribution in [-0.4, -0.2) is 24.9 Å². The van der Waals surface area contributed by atoms with E-state index in [0.717, 1.165) is 5.56 Å². The van der Waals surface area contributed by atoms with E-state index in [0.29, 0.717) is 11.5 Å². The van der Waals surface area contributed by atoms with Crippen molar-refractivity contribution in [1.29, 1.82) is 0 Å². The van der Waals surface area contributed by atoms with Crippen molar-refractivity contribution in [2.75, 3.05) is 13.7 Å². The Kier molecular flexibility index (Phi) is 4.58. The van der Waals surface area contributed by atoms with E-state index in [1.54, 1.807) is 13.2 Å². The maximum atomic E-state index is 8.97. The van der Waals surface area contributed by atoms with Crippen LogP contribution in [0.4, 0.5) is 0 Å². The maximum absolute atomic E-state index is 8.97. The normalized spacial score (nSPS) is 12.6. The van der Waals surface area contributed by atoms with Gasteiger partial charge in [-0.1, -0.05) is 6.07 Å². The van der Waals surface area contributed by atoms with Gasteiger partial charge in [-0.15, -0.1) is 0 Å². The third kappa shape index (κ3) is 3.12. The standard InChI is InChI=1S/C12H19NO3/c1-8(2)16-11-5-4-9(10(13)7-14)6-12(11)15-3/h4-6,8,10,14H,7,13H2,1-3H3/t10-/m0/s1. The highest BCUT2D eigenvalue weighted by Crippen LogP contribution is 2.30. The van der Waals surface area contributed by atoms with Crippen molar-refractivity contribution in [3.63, 3.8) is 0 Å². The molecule has 1 rings (SSSR count). The first-order valence-corrected chi connectivity index (χ1v) is 5.29. The highest BCUT2D eigenvalue weighted by Gasteiger charge is 2.11. The van der Waals surface area contributed by atoms with Gasteiger partial charge in [0.25, 0.3) is 0 Å². The molecular formula is C12H19NO3. The monoisotopic (exact) mass is 225 g/mol. The number of hydrogen-bond acceptors (Lipinski definition) is 4. The molecule has 0 aliphatic rings. The third-order valence-corrected chi connectivity index (χ3v) is 2.18. The first-order valence-electron chi connectivity index (χ1n) is 5.29. The summed E-state index contributed by atoms with van der Waals surface area (Å²) in [5.74, 6) is 1.32. The highest BCUT2D eigenvalue weighted by atomic mass is 16.5. The van der Waals surface area contributed by atoms with E-state index in [1.165, 1.54) is 0 Å². The molecule has 0 radical (unpaired) electrons. The lowest BCUT2D eigenvalue weighted by atomic mass is 10.1. The van der Waals surface area contributed by atoms with Crippen LogP contribution in [-0.2, 0) is 0 Å². The number of aliphatic hydroxyl groups excluding tert-OH is 1. The van der Waals surface area contributed by atoms with Gasteiger partial charge < -0.3 is 20.3 Å². The molecule has 4 heteroatoms. The maximum Gasteiger partial charge on any atom is 0.161 e. The van der Waals surface area contributed by atoms with Crippen LogP contribution in [0.25, 0.3) is 0 Å². The fraction of sp³-hybridized carbons (Fsp3) is 0.500. The molecule has 1 aromatic carbocycles. The second-order valence-electron chi connectivity index (χ2n) is 3.87. The highest BCUT2D eigenvalue weighted by molar-refractivity contribution is 5.43. The summed E-state index contributed by atoms with van der Waals surface area (Å²) in [6.45, 7) is 3.81. The van der Waals surface area contributed by atoms with E-state index in [-0.39, 0.29) is 18.8 Å². The second kappa shape index (κ2) is 5.72. The molecule has 4 nitrogen and oxygen atoms in total. The molecule has 0 aromatic heterocycles. The van der Waals surface area contributed by atoms with Crippen molar-refractivity contribution in [2.24, 2.45) is 5.73 Å². The number of methoxy groups -OCH3 is 1. The molecule has 0 aliphatic carbocycles. The molecule has 0 amide bonds. The Hall–Kier alpha value is -1.26. The fourth-order valence-electron chi connectivity index (χ4n) is 1.37. The van der Waals surface area contributed by atoms with E-state index in [1.807, 2.05) is 26.0 Å². The minimum Gasteiger partial charge on any atom is -0.493 e. The molecule has 3 N–H and O–H groups in total. The first-order chi connectivity index (χ1) is 7.58. The lowest BCUT2D eigenvalue weighted by molar-refractivity contribution is 0.229. The van der Waals surface area contributed by atoms with Gasteiger partial charge in [-0.2, -0.15) is 0 Å². The number of benzene rings is 1. The van der Waals surface area contributed by atoms with Gasteiger partial charge in [0, 0.05) is 0 Å². The minimum atomic E-state index is -0.387. The molecule has 0 spiro atoms. The number of hydrogen-bond donors (Lipinski definition) is 2. The average Bonchev–Trinajstić information content (AvgIpc) is 2.27. The molecule has 90 valence electrons. The fourth-order valence-corrected chi connectivity index (χ4v) is 1.37. The smallest absolute Gasteiger partial charge is 0.161 e. The molecule has 0 fully saturated rings. The van der Waals surface area contributed by atoms with Gasteiger partial charge >= 0.3 is 0 Å². The van der Waals surface area contributed by atoms with Gasteiger partial charge in [-0.3, -0.25) is 0 Å². The molecule has 0 bridgehead atoms. The van der Waals surface area contributed by atoms with Crippen LogP contribution in [0.15, 0.2) is 18.2 Å². The topological polar surface area (TPSA) is 64.7 Å². The van der Waals surface area contributed by atoms with Crippen molar-refractivity contribution in [3.05, 3.63) is 23.8 Å². The summed E-state index contributed by atoms with van der Waals surface area (Å²) >= 11 is 0. The molecule has 1 atom stereocenters. The number of aliphatic hydroxyl groups is 1. The zero-order valence-corrected chi connectivity index (χ0v) is 9.93. The van der Waals surface area contributed by atoms with Gasteiger partial charge in [0.1, 0.15) is 0 Å². The molecule has 16 heavy (non-hydrogen) atoms. The molecule has 0 aliphatic heterocycles. The van der Waals surface area contributed by atoms with E-state index < -0.39 is 0 Å². The number of nitrogens with two attached hydrogens (primary N) is 1. The summed E-state index contributed by atoms with van der Waals surface area (Å²) in [5, 5.41) is 8.97. The molecule has 0 saturated heterocycles. The quantitative estimate of drug-likeness (QED) is 0.796. The van der Waals surface area contributed by atoms with Crippen LogP contribution in [0, 0.1) is 0 Å². The van der Waals surface area contributed by atoms with Crippen molar-refractivity contribution < 1.29 is 14.6 Å². The van der Waals surface area contributed by atoms with Crippen LogP contribution in [0.1, 0.15) is 25.5 Å². The minimum absolute atomic E-state index is 0.0891. The molecular weight excluding hydrogens is 206 g/mol. The van der Waals surface area contributed by atoms with Gasteiger partial charge in [0.05, 0.1) is 25.9 Å². The Labute approximate surface area is 96.0 Å². The summed E-state index contributed by atoms with van der Waals surface area (Å²) in [4.78, 5) is 0. The van der Waals surface area contributed by atoms with Gasteiger partial charge in [0.15, 0.2) is 11.5 Å². The number of ether oxygens (including phenoxy) is 2. The summed E-state index contributed by atoms with van der Waals surface area (Å²) in [5.41, 5.74) is 6.55. The van der Waals surface area contributed by atoms with Gasteiger partial charge in [-0.25, -0.2) is 0 Å². The van der Waals surface area contributed by atoms with E-state index in [9.17, 15) is 0 Å². The first kappa shape index (κ1) is 12.8. The lowest BCUT2D eigenvalue weighted by Crippen LogP contribution is -2.14. The predicted octanol–water partition coefficient (Wildman–Crippen LogP) is 1.47. The van der Waals surface area contributed by atoms with Crippen molar-refractivity contribution in [1.82, 2.24) is 0 Å². The van der Waals surface area contributed by atoms with Crippen LogP contribution >= 0.6 is 0 Å². The van der Waals surface area contributed by atoms with Crippen molar-refractivity contribution in [2.45, 2.75) is 26.0 Å². The molecule has 0 unspecified atom stereocenters. The summed E-state index contributed by atoms with van der Waals surface area (Å²) in [6, 6.07) is 5.05. The Morgan fingerprint density at radius 1 is 1.31 bits per heavy atom. The number of rotatable bonds is 5. The summed E-state index contributed by atoms with van der Waals surface area (Å²) in [7, 11) is 1.58. The van der Waals surface area contributed by atoms with Crippen LogP contribution in [0.5, 0.6) is 11.5 Å². The summed E-state index contributed by atoms with van der Waals surface area (Å²) < 4.78 is 10.8. The molecule has 0 heterocycles. The lowest BCUT2D eigenvalue weighted by Gasteiger charge is -2.16. The predicted molar refractivity (Wildman–Crippen MR) is 62.8 cm³/mol. The van der Waals surface area contributed by atoms with Crippen LogP contribution in [0.2, 0.25) is 0 Å². The van der Waals surface area contributed by atoms with E-state index in [2.05, 4.69) is 0 Å². The van der Waals surface area contributed by atoms with Crippen LogP contribution < -0.4 is 15.2 Å². The zero-order chi connectivity index (χ0) is 12.1. The van der Waals surface area contributed by atoms with Gasteiger partial charge in [-0.05, 0) is 31.5 Å². The third-order valence-electron chi connectivity index (χ3n) is 2.18.